The van der Waals surface area contributed by atoms with E-state index in [0.29, 0.717) is 11.7 Å². The van der Waals surface area contributed by atoms with Crippen LogP contribution in [-0.2, 0) is 6.42 Å². The Labute approximate surface area is 111 Å². The monoisotopic (exact) mass is 251 g/mol. The molecule has 3 aromatic rings. The molecule has 0 saturated heterocycles. The van der Waals surface area contributed by atoms with Crippen LogP contribution in [0.3, 0.4) is 0 Å². The smallest absolute Gasteiger partial charge is 0.258 e. The molecule has 2 heterocycles. The van der Waals surface area contributed by atoms with Crippen molar-refractivity contribution in [3.05, 3.63) is 54.4 Å². The lowest BCUT2D eigenvalue weighted by Crippen LogP contribution is -1.83. The first-order valence-electron chi connectivity index (χ1n) is 6.20. The van der Waals surface area contributed by atoms with Crippen LogP contribution in [-0.4, -0.2) is 15.1 Å². The van der Waals surface area contributed by atoms with Crippen LogP contribution in [0, 0.1) is 0 Å². The predicted molar refractivity (Wildman–Crippen MR) is 72.3 cm³/mol. The average molecular weight is 251 g/mol. The van der Waals surface area contributed by atoms with E-state index in [1.54, 1.807) is 12.4 Å². The van der Waals surface area contributed by atoms with Crippen molar-refractivity contribution >= 4 is 0 Å². The fourth-order valence-electron chi connectivity index (χ4n) is 1.84. The van der Waals surface area contributed by atoms with E-state index in [-0.39, 0.29) is 0 Å². The molecule has 19 heavy (non-hydrogen) atoms. The Morgan fingerprint density at radius 3 is 2.37 bits per heavy atom. The van der Waals surface area contributed by atoms with E-state index in [0.717, 1.165) is 17.5 Å². The zero-order chi connectivity index (χ0) is 13.1. The Kier molecular flexibility index (Phi) is 3.06. The van der Waals surface area contributed by atoms with Crippen LogP contribution in [0.5, 0.6) is 0 Å². The van der Waals surface area contributed by atoms with Gasteiger partial charge in [-0.2, -0.15) is 4.98 Å². The molecule has 0 N–H and O–H groups in total. The molecule has 0 amide bonds. The van der Waals surface area contributed by atoms with Gasteiger partial charge >= 0.3 is 0 Å². The third kappa shape index (κ3) is 2.38. The van der Waals surface area contributed by atoms with E-state index in [9.17, 15) is 0 Å². The topological polar surface area (TPSA) is 51.8 Å². The van der Waals surface area contributed by atoms with Crippen molar-refractivity contribution < 1.29 is 4.52 Å². The van der Waals surface area contributed by atoms with Crippen molar-refractivity contribution in [3.8, 4) is 22.8 Å². The van der Waals surface area contributed by atoms with Gasteiger partial charge in [0.2, 0.25) is 5.82 Å². The molecule has 1 aromatic carbocycles. The minimum absolute atomic E-state index is 0.537. The van der Waals surface area contributed by atoms with Crippen molar-refractivity contribution in [2.75, 3.05) is 0 Å². The molecular formula is C15H13N3O. The minimum atomic E-state index is 0.537. The highest BCUT2D eigenvalue weighted by atomic mass is 16.5. The molecule has 4 heteroatoms. The third-order valence-electron chi connectivity index (χ3n) is 2.97. The van der Waals surface area contributed by atoms with Crippen LogP contribution in [0.25, 0.3) is 22.8 Å². The van der Waals surface area contributed by atoms with Crippen molar-refractivity contribution in [2.45, 2.75) is 13.3 Å². The fraction of sp³-hybridized carbons (Fsp3) is 0.133. The zero-order valence-corrected chi connectivity index (χ0v) is 10.6. The maximum absolute atomic E-state index is 5.30. The molecule has 0 aliphatic carbocycles. The van der Waals surface area contributed by atoms with E-state index in [1.807, 2.05) is 24.3 Å². The number of benzene rings is 1. The molecular weight excluding hydrogens is 238 g/mol. The van der Waals surface area contributed by atoms with Crippen molar-refractivity contribution in [1.29, 1.82) is 0 Å². The number of pyridine rings is 1. The maximum atomic E-state index is 5.30. The molecule has 94 valence electrons. The number of rotatable bonds is 3. The maximum Gasteiger partial charge on any atom is 0.258 e. The molecule has 0 fully saturated rings. The summed E-state index contributed by atoms with van der Waals surface area (Å²) in [7, 11) is 0. The number of aryl methyl sites for hydroxylation is 1. The van der Waals surface area contributed by atoms with Gasteiger partial charge in [-0.05, 0) is 36.2 Å². The molecule has 0 unspecified atom stereocenters. The van der Waals surface area contributed by atoms with Gasteiger partial charge in [-0.3, -0.25) is 4.98 Å². The molecule has 0 bridgehead atoms. The summed E-state index contributed by atoms with van der Waals surface area (Å²) in [6.45, 7) is 2.13. The lowest BCUT2D eigenvalue weighted by molar-refractivity contribution is 0.432. The summed E-state index contributed by atoms with van der Waals surface area (Å²) < 4.78 is 5.30. The van der Waals surface area contributed by atoms with Crippen LogP contribution in [0.2, 0.25) is 0 Å². The molecule has 0 spiro atoms. The molecule has 0 atom stereocenters. The fourth-order valence-corrected chi connectivity index (χ4v) is 1.84. The summed E-state index contributed by atoms with van der Waals surface area (Å²) in [6.07, 6.45) is 4.44. The summed E-state index contributed by atoms with van der Waals surface area (Å²) in [5, 5.41) is 3.99. The summed E-state index contributed by atoms with van der Waals surface area (Å²) >= 11 is 0. The third-order valence-corrected chi connectivity index (χ3v) is 2.97. The molecule has 4 nitrogen and oxygen atoms in total. The first kappa shape index (κ1) is 11.6. The Morgan fingerprint density at radius 1 is 0.947 bits per heavy atom. The van der Waals surface area contributed by atoms with Crippen LogP contribution in [0.4, 0.5) is 0 Å². The Bertz CT molecular complexity index is 659. The predicted octanol–water partition coefficient (Wildman–Crippen LogP) is 3.36. The van der Waals surface area contributed by atoms with Gasteiger partial charge in [0, 0.05) is 23.5 Å². The average Bonchev–Trinajstić information content (AvgIpc) is 2.98. The van der Waals surface area contributed by atoms with E-state index in [4.69, 9.17) is 4.52 Å². The molecule has 0 saturated carbocycles. The normalized spacial score (nSPS) is 10.6. The van der Waals surface area contributed by atoms with Gasteiger partial charge in [0.1, 0.15) is 0 Å². The van der Waals surface area contributed by atoms with Crippen LogP contribution in [0.15, 0.2) is 53.3 Å². The van der Waals surface area contributed by atoms with Gasteiger partial charge in [0.05, 0.1) is 0 Å². The highest BCUT2D eigenvalue weighted by Crippen LogP contribution is 2.22. The summed E-state index contributed by atoms with van der Waals surface area (Å²) in [4.78, 5) is 8.37. The second-order valence-corrected chi connectivity index (χ2v) is 4.21. The van der Waals surface area contributed by atoms with Gasteiger partial charge in [-0.1, -0.05) is 24.2 Å². The first-order valence-corrected chi connectivity index (χ1v) is 6.20. The molecule has 0 aliphatic rings. The van der Waals surface area contributed by atoms with Crippen LogP contribution >= 0.6 is 0 Å². The van der Waals surface area contributed by atoms with Gasteiger partial charge in [-0.15, -0.1) is 0 Å². The number of hydrogen-bond acceptors (Lipinski definition) is 4. The summed E-state index contributed by atoms with van der Waals surface area (Å²) in [6, 6.07) is 11.9. The van der Waals surface area contributed by atoms with Crippen molar-refractivity contribution in [3.63, 3.8) is 0 Å². The van der Waals surface area contributed by atoms with Crippen LogP contribution < -0.4 is 0 Å². The SMILES string of the molecule is CCc1ccc(-c2nc(-c3ccncc3)no2)cc1. The quantitative estimate of drug-likeness (QED) is 0.716. The first-order chi connectivity index (χ1) is 9.36. The van der Waals surface area contributed by atoms with E-state index < -0.39 is 0 Å². The van der Waals surface area contributed by atoms with Crippen molar-refractivity contribution in [2.24, 2.45) is 0 Å². The minimum Gasteiger partial charge on any atom is -0.334 e. The van der Waals surface area contributed by atoms with Gasteiger partial charge in [0.15, 0.2) is 0 Å². The molecule has 0 aliphatic heterocycles. The molecule has 2 aromatic heterocycles. The van der Waals surface area contributed by atoms with E-state index in [1.165, 1.54) is 5.56 Å². The highest BCUT2D eigenvalue weighted by molar-refractivity contribution is 5.59. The second kappa shape index (κ2) is 5.02. The highest BCUT2D eigenvalue weighted by Gasteiger charge is 2.09. The molecule has 0 radical (unpaired) electrons. The lowest BCUT2D eigenvalue weighted by Gasteiger charge is -1.97. The standard InChI is InChI=1S/C15H13N3O/c1-2-11-3-5-13(6-4-11)15-17-14(18-19-15)12-7-9-16-10-8-12/h3-10H,2H2,1H3. The number of nitrogens with zero attached hydrogens (tertiary/aromatic N) is 3. The van der Waals surface area contributed by atoms with Gasteiger partial charge in [-0.25, -0.2) is 0 Å². The lowest BCUT2D eigenvalue weighted by atomic mass is 10.1. The molecule has 3 rings (SSSR count). The second-order valence-electron chi connectivity index (χ2n) is 4.21. The summed E-state index contributed by atoms with van der Waals surface area (Å²) in [5.41, 5.74) is 3.12. The van der Waals surface area contributed by atoms with Crippen molar-refractivity contribution in [1.82, 2.24) is 15.1 Å². The Hall–Kier alpha value is -2.49. The zero-order valence-electron chi connectivity index (χ0n) is 10.6. The van der Waals surface area contributed by atoms with Gasteiger partial charge < -0.3 is 4.52 Å². The number of hydrogen-bond donors (Lipinski definition) is 0. The summed E-state index contributed by atoms with van der Waals surface area (Å²) in [5.74, 6) is 1.12. The van der Waals surface area contributed by atoms with Gasteiger partial charge in [0.25, 0.3) is 5.89 Å². The van der Waals surface area contributed by atoms with Crippen LogP contribution in [0.1, 0.15) is 12.5 Å². The Morgan fingerprint density at radius 2 is 1.68 bits per heavy atom. The Balaban J connectivity index is 1.92. The largest absolute Gasteiger partial charge is 0.334 e. The van der Waals surface area contributed by atoms with E-state index >= 15 is 0 Å². The van der Waals surface area contributed by atoms with E-state index in [2.05, 4.69) is 34.2 Å². The number of aromatic nitrogens is 3.